The number of carbonyl (C=O) groups is 2. The number of aliphatic hydroxyl groups excluding tert-OH is 1. The number of nitrogens with zero attached hydrogens (tertiary/aromatic N) is 6. The van der Waals surface area contributed by atoms with Crippen molar-refractivity contribution < 1.29 is 14.7 Å². The monoisotopic (exact) mass is 638 g/mol. The van der Waals surface area contributed by atoms with Gasteiger partial charge in [-0.1, -0.05) is 29.8 Å². The van der Waals surface area contributed by atoms with Crippen molar-refractivity contribution in [1.29, 1.82) is 0 Å². The van der Waals surface area contributed by atoms with Gasteiger partial charge in [0, 0.05) is 69.2 Å². The lowest BCUT2D eigenvalue weighted by molar-refractivity contribution is -0.118. The van der Waals surface area contributed by atoms with Gasteiger partial charge in [-0.05, 0) is 71.1 Å². The third kappa shape index (κ3) is 6.80. The van der Waals surface area contributed by atoms with Gasteiger partial charge in [0.25, 0.3) is 5.91 Å². The van der Waals surface area contributed by atoms with E-state index in [1.165, 1.54) is 10.9 Å². The Morgan fingerprint density at radius 2 is 1.80 bits per heavy atom. The van der Waals surface area contributed by atoms with Crippen molar-refractivity contribution in [2.24, 2.45) is 20.0 Å². The summed E-state index contributed by atoms with van der Waals surface area (Å²) in [5.41, 5.74) is 5.38. The van der Waals surface area contributed by atoms with Gasteiger partial charge in [0.05, 0.1) is 18.2 Å². The Balaban J connectivity index is 1.24. The average molecular weight is 639 g/mol. The molecule has 5 aromatic rings. The fourth-order valence-corrected chi connectivity index (χ4v) is 5.91. The topological polar surface area (TPSA) is 130 Å². The molecule has 1 saturated heterocycles. The fourth-order valence-electron chi connectivity index (χ4n) is 5.72. The molecule has 2 amide bonds. The minimum Gasteiger partial charge on any atom is -0.396 e. The van der Waals surface area contributed by atoms with Crippen molar-refractivity contribution in [3.63, 3.8) is 0 Å². The van der Waals surface area contributed by atoms with Crippen molar-refractivity contribution in [2.75, 3.05) is 29.9 Å². The van der Waals surface area contributed by atoms with E-state index < -0.39 is 11.9 Å². The van der Waals surface area contributed by atoms with Gasteiger partial charge in [0.2, 0.25) is 5.91 Å². The van der Waals surface area contributed by atoms with E-state index in [1.54, 1.807) is 37.9 Å². The van der Waals surface area contributed by atoms with Gasteiger partial charge in [0.15, 0.2) is 0 Å². The third-order valence-corrected chi connectivity index (χ3v) is 8.73. The summed E-state index contributed by atoms with van der Waals surface area (Å²) in [6.07, 6.45) is 7.89. The summed E-state index contributed by atoms with van der Waals surface area (Å²) in [6.45, 7) is 1.77. The quantitative estimate of drug-likeness (QED) is 0.208. The fraction of sp³-hybridized carbons (Fsp3) is 0.265. The van der Waals surface area contributed by atoms with E-state index in [-0.39, 0.29) is 24.9 Å². The van der Waals surface area contributed by atoms with E-state index in [9.17, 15) is 14.7 Å². The number of anilines is 2. The molecule has 3 N–H and O–H groups in total. The number of aromatic nitrogens is 5. The van der Waals surface area contributed by atoms with Crippen LogP contribution in [0.15, 0.2) is 85.6 Å². The zero-order chi connectivity index (χ0) is 32.2. The first-order chi connectivity index (χ1) is 22.3. The van der Waals surface area contributed by atoms with Crippen molar-refractivity contribution in [3.05, 3.63) is 102 Å². The summed E-state index contributed by atoms with van der Waals surface area (Å²) in [5, 5.41) is 20.0. The minimum absolute atomic E-state index is 0.150. The van der Waals surface area contributed by atoms with Crippen LogP contribution in [0.25, 0.3) is 22.4 Å². The Hall–Kier alpha value is -5.00. The van der Waals surface area contributed by atoms with Crippen LogP contribution in [0.2, 0.25) is 5.02 Å². The third-order valence-electron chi connectivity index (χ3n) is 8.36. The molecule has 4 heterocycles. The van der Waals surface area contributed by atoms with Crippen LogP contribution >= 0.6 is 11.6 Å². The molecular formula is C34H35ClN8O3. The van der Waals surface area contributed by atoms with Crippen LogP contribution in [-0.4, -0.2) is 67.0 Å². The second-order valence-corrected chi connectivity index (χ2v) is 11.9. The van der Waals surface area contributed by atoms with Crippen LogP contribution in [0.3, 0.4) is 0 Å². The normalized spacial score (nSPS) is 15.1. The van der Waals surface area contributed by atoms with Gasteiger partial charge in [-0.3, -0.25) is 14.3 Å². The van der Waals surface area contributed by atoms with E-state index in [0.29, 0.717) is 22.0 Å². The Morgan fingerprint density at radius 3 is 2.50 bits per heavy atom. The lowest BCUT2D eigenvalue weighted by atomic mass is 9.99. The molecule has 1 aliphatic heterocycles. The zero-order valence-electron chi connectivity index (χ0n) is 25.6. The van der Waals surface area contributed by atoms with E-state index >= 15 is 0 Å². The number of hydrogen-bond acceptors (Lipinski definition) is 7. The molecular weight excluding hydrogens is 604 g/mol. The number of imidazole rings is 1. The smallest absolute Gasteiger partial charge is 0.270 e. The van der Waals surface area contributed by atoms with Crippen molar-refractivity contribution in [3.8, 4) is 22.4 Å². The molecule has 0 saturated carbocycles. The molecule has 6 rings (SSSR count). The SMILES string of the molecule is Cn1cncc1-c1ccc(NC(=O)C(Cc2cc(-c3ccnc(N4CC[C@@H](CO)C4)c3)ccc2Cl)NC(=O)c2ccnn2C)cc1. The molecule has 2 aromatic carbocycles. The number of benzene rings is 2. The number of aliphatic hydroxyl groups is 1. The second kappa shape index (κ2) is 13.6. The highest BCUT2D eigenvalue weighted by Gasteiger charge is 2.26. The summed E-state index contributed by atoms with van der Waals surface area (Å²) < 4.78 is 3.38. The number of hydrogen-bond donors (Lipinski definition) is 3. The molecule has 0 radical (unpaired) electrons. The molecule has 2 atom stereocenters. The summed E-state index contributed by atoms with van der Waals surface area (Å²) in [4.78, 5) is 37.9. The summed E-state index contributed by atoms with van der Waals surface area (Å²) >= 11 is 6.69. The number of carbonyl (C=O) groups excluding carboxylic acids is 2. The minimum atomic E-state index is -0.945. The first-order valence-corrected chi connectivity index (χ1v) is 15.4. The number of halogens is 1. The van der Waals surface area contributed by atoms with E-state index in [4.69, 9.17) is 11.6 Å². The molecule has 236 valence electrons. The average Bonchev–Trinajstić information content (AvgIpc) is 3.83. The number of aryl methyl sites for hydroxylation is 2. The molecule has 11 nitrogen and oxygen atoms in total. The van der Waals surface area contributed by atoms with Gasteiger partial charge in [-0.25, -0.2) is 9.97 Å². The van der Waals surface area contributed by atoms with E-state index in [2.05, 4.69) is 30.6 Å². The highest BCUT2D eigenvalue weighted by molar-refractivity contribution is 6.31. The number of nitrogens with one attached hydrogen (secondary N) is 2. The summed E-state index contributed by atoms with van der Waals surface area (Å²) in [5.74, 6) is 0.282. The number of amides is 2. The Labute approximate surface area is 271 Å². The first-order valence-electron chi connectivity index (χ1n) is 15.1. The Kier molecular flexibility index (Phi) is 9.13. The molecule has 0 aliphatic carbocycles. The predicted octanol–water partition coefficient (Wildman–Crippen LogP) is 4.33. The van der Waals surface area contributed by atoms with Gasteiger partial charge in [0.1, 0.15) is 17.6 Å². The van der Waals surface area contributed by atoms with Crippen molar-refractivity contribution in [2.45, 2.75) is 18.9 Å². The predicted molar refractivity (Wildman–Crippen MR) is 178 cm³/mol. The maximum absolute atomic E-state index is 13.7. The number of rotatable bonds is 10. The van der Waals surface area contributed by atoms with Crippen LogP contribution in [0.1, 0.15) is 22.5 Å². The number of pyridine rings is 1. The lowest BCUT2D eigenvalue weighted by Gasteiger charge is -2.20. The summed E-state index contributed by atoms with van der Waals surface area (Å²) in [6, 6.07) is 17.7. The molecule has 12 heteroatoms. The van der Waals surface area contributed by atoms with Gasteiger partial charge >= 0.3 is 0 Å². The Morgan fingerprint density at radius 1 is 1.02 bits per heavy atom. The highest BCUT2D eigenvalue weighted by Crippen LogP contribution is 2.30. The van der Waals surface area contributed by atoms with E-state index in [0.717, 1.165) is 47.7 Å². The van der Waals surface area contributed by atoms with Gasteiger partial charge in [-0.15, -0.1) is 0 Å². The molecule has 46 heavy (non-hydrogen) atoms. The molecule has 1 fully saturated rings. The zero-order valence-corrected chi connectivity index (χ0v) is 26.4. The molecule has 1 aliphatic rings. The van der Waals surface area contributed by atoms with Crippen LogP contribution in [-0.2, 0) is 25.3 Å². The van der Waals surface area contributed by atoms with Crippen molar-refractivity contribution in [1.82, 2.24) is 29.6 Å². The largest absolute Gasteiger partial charge is 0.396 e. The van der Waals surface area contributed by atoms with Crippen LogP contribution in [0, 0.1) is 5.92 Å². The lowest BCUT2D eigenvalue weighted by Crippen LogP contribution is -2.45. The highest BCUT2D eigenvalue weighted by atomic mass is 35.5. The van der Waals surface area contributed by atoms with Crippen LogP contribution < -0.4 is 15.5 Å². The molecule has 3 aromatic heterocycles. The summed E-state index contributed by atoms with van der Waals surface area (Å²) in [7, 11) is 3.59. The Bertz CT molecular complexity index is 1850. The molecule has 1 unspecified atom stereocenters. The first kappa shape index (κ1) is 31.0. The maximum atomic E-state index is 13.7. The molecule has 0 spiro atoms. The standard InChI is InChI=1S/C34H35ClN8O3/c1-41-21-36-18-31(41)23-3-6-27(7-4-23)39-33(45)29(40-34(46)30-10-13-38-42(30)2)16-26-15-24(5-8-28(26)35)25-9-12-37-32(17-25)43-14-11-22(19-43)20-44/h3-10,12-13,15,17-18,21-22,29,44H,11,14,16,19-20H2,1-2H3,(H,39,45)(H,40,46)/t22-,29?/m1/s1. The second-order valence-electron chi connectivity index (χ2n) is 11.5. The van der Waals surface area contributed by atoms with Crippen molar-refractivity contribution >= 4 is 34.9 Å². The van der Waals surface area contributed by atoms with Gasteiger partial charge in [-0.2, -0.15) is 5.10 Å². The maximum Gasteiger partial charge on any atom is 0.270 e. The molecule has 0 bridgehead atoms. The van der Waals surface area contributed by atoms with Crippen LogP contribution in [0.4, 0.5) is 11.5 Å². The van der Waals surface area contributed by atoms with Gasteiger partial charge < -0.3 is 25.2 Å². The van der Waals surface area contributed by atoms with E-state index in [1.807, 2.05) is 60.1 Å². The van der Waals surface area contributed by atoms with Crippen LogP contribution in [0.5, 0.6) is 0 Å².